The molecule has 2 heterocycles. The largest absolute Gasteiger partial charge is 0.344 e. The van der Waals surface area contributed by atoms with Gasteiger partial charge in [-0.2, -0.15) is 0 Å². The van der Waals surface area contributed by atoms with Gasteiger partial charge in [0, 0.05) is 12.6 Å². The summed E-state index contributed by atoms with van der Waals surface area (Å²) in [6.45, 7) is 9.38. The number of hydrogen-bond donors (Lipinski definition) is 1. The van der Waals surface area contributed by atoms with E-state index in [2.05, 4.69) is 19.2 Å². The maximum absolute atomic E-state index is 5.87. The van der Waals surface area contributed by atoms with Crippen molar-refractivity contribution in [2.45, 2.75) is 51.7 Å². The Morgan fingerprint density at radius 3 is 2.38 bits per heavy atom. The highest BCUT2D eigenvalue weighted by molar-refractivity contribution is 4.95. The second-order valence-corrected chi connectivity index (χ2v) is 4.74. The summed E-state index contributed by atoms with van der Waals surface area (Å²) in [5, 5.41) is 3.44. The lowest BCUT2D eigenvalue weighted by molar-refractivity contribution is -0.148. The Labute approximate surface area is 79.8 Å². The van der Waals surface area contributed by atoms with Crippen molar-refractivity contribution in [2.24, 2.45) is 5.92 Å². The van der Waals surface area contributed by atoms with Crippen LogP contribution in [0.1, 0.15) is 27.7 Å². The maximum atomic E-state index is 5.87. The van der Waals surface area contributed by atoms with Gasteiger partial charge in [0.25, 0.3) is 0 Å². The van der Waals surface area contributed by atoms with Crippen LogP contribution in [0.5, 0.6) is 0 Å². The molecule has 0 bridgehead atoms. The first-order valence-electron chi connectivity index (χ1n) is 5.08. The van der Waals surface area contributed by atoms with Gasteiger partial charge >= 0.3 is 0 Å². The van der Waals surface area contributed by atoms with Gasteiger partial charge in [0.2, 0.25) is 0 Å². The average Bonchev–Trinajstić information content (AvgIpc) is 2.35. The van der Waals surface area contributed by atoms with E-state index in [-0.39, 0.29) is 12.2 Å². The van der Waals surface area contributed by atoms with Crippen LogP contribution in [0.25, 0.3) is 0 Å². The molecule has 2 aliphatic rings. The van der Waals surface area contributed by atoms with E-state index in [1.54, 1.807) is 0 Å². The lowest BCUT2D eigenvalue weighted by Gasteiger charge is -2.34. The molecule has 2 saturated heterocycles. The lowest BCUT2D eigenvalue weighted by Crippen LogP contribution is -2.53. The molecule has 13 heavy (non-hydrogen) atoms. The zero-order chi connectivity index (χ0) is 9.64. The first-order chi connectivity index (χ1) is 5.99. The summed E-state index contributed by atoms with van der Waals surface area (Å²) in [6, 6.07) is 0.406. The highest BCUT2D eigenvalue weighted by Crippen LogP contribution is 2.35. The fraction of sp³-hybridized carbons (Fsp3) is 1.00. The third kappa shape index (κ3) is 1.60. The minimum atomic E-state index is -0.399. The van der Waals surface area contributed by atoms with E-state index < -0.39 is 5.79 Å². The Balaban J connectivity index is 2.14. The van der Waals surface area contributed by atoms with Crippen LogP contribution in [0.4, 0.5) is 0 Å². The molecule has 0 aromatic carbocycles. The van der Waals surface area contributed by atoms with Crippen molar-refractivity contribution in [2.75, 3.05) is 6.54 Å². The van der Waals surface area contributed by atoms with E-state index in [1.165, 1.54) is 0 Å². The highest BCUT2D eigenvalue weighted by atomic mass is 16.8. The molecule has 2 fully saturated rings. The molecule has 0 radical (unpaired) electrons. The van der Waals surface area contributed by atoms with Crippen molar-refractivity contribution < 1.29 is 9.47 Å². The van der Waals surface area contributed by atoms with Crippen molar-refractivity contribution in [3.05, 3.63) is 0 Å². The molecule has 1 N–H and O–H groups in total. The summed E-state index contributed by atoms with van der Waals surface area (Å²) in [5.41, 5.74) is 0. The van der Waals surface area contributed by atoms with Gasteiger partial charge in [-0.05, 0) is 26.7 Å². The van der Waals surface area contributed by atoms with Gasteiger partial charge in [-0.1, -0.05) is 6.92 Å². The summed E-state index contributed by atoms with van der Waals surface area (Å²) in [5.74, 6) is 0.145. The van der Waals surface area contributed by atoms with Gasteiger partial charge < -0.3 is 14.8 Å². The number of nitrogens with one attached hydrogen (secondary N) is 1. The van der Waals surface area contributed by atoms with Crippen molar-refractivity contribution in [3.8, 4) is 0 Å². The predicted molar refractivity (Wildman–Crippen MR) is 50.5 cm³/mol. The topological polar surface area (TPSA) is 30.5 Å². The summed E-state index contributed by atoms with van der Waals surface area (Å²) in [4.78, 5) is 0. The fourth-order valence-electron chi connectivity index (χ4n) is 2.25. The second kappa shape index (κ2) is 2.94. The Morgan fingerprint density at radius 1 is 1.15 bits per heavy atom. The second-order valence-electron chi connectivity index (χ2n) is 4.74. The van der Waals surface area contributed by atoms with Crippen LogP contribution in [-0.4, -0.2) is 30.6 Å². The standard InChI is InChI=1S/C10H19NO2/c1-6-5-11-7(2)9-8(6)12-10(3,4)13-9/h6-9,11H,5H2,1-4H3/t6-,7+,8+,9-/m0/s1. The first-order valence-corrected chi connectivity index (χ1v) is 5.08. The quantitative estimate of drug-likeness (QED) is 0.614. The minimum absolute atomic E-state index is 0.221. The SMILES string of the molecule is C[C@H]1CN[C@H](C)[C@@H]2OC(C)(C)O[C@@H]21. The van der Waals surface area contributed by atoms with Crippen LogP contribution >= 0.6 is 0 Å². The molecule has 3 heteroatoms. The van der Waals surface area contributed by atoms with Crippen LogP contribution in [0, 0.1) is 5.92 Å². The Morgan fingerprint density at radius 2 is 1.77 bits per heavy atom. The van der Waals surface area contributed by atoms with Gasteiger partial charge in [0.15, 0.2) is 5.79 Å². The monoisotopic (exact) mass is 185 g/mol. The third-order valence-electron chi connectivity index (χ3n) is 2.98. The molecule has 3 nitrogen and oxygen atoms in total. The van der Waals surface area contributed by atoms with Crippen molar-refractivity contribution in [1.29, 1.82) is 0 Å². The fourth-order valence-corrected chi connectivity index (χ4v) is 2.25. The number of piperidine rings is 1. The summed E-state index contributed by atoms with van der Waals surface area (Å²) in [7, 11) is 0. The highest BCUT2D eigenvalue weighted by Gasteiger charge is 2.48. The van der Waals surface area contributed by atoms with Crippen molar-refractivity contribution in [3.63, 3.8) is 0 Å². The molecule has 0 aromatic rings. The number of hydrogen-bond acceptors (Lipinski definition) is 3. The van der Waals surface area contributed by atoms with Crippen LogP contribution in [0.2, 0.25) is 0 Å². The summed E-state index contributed by atoms with van der Waals surface area (Å²) < 4.78 is 11.7. The molecule has 4 atom stereocenters. The van der Waals surface area contributed by atoms with Gasteiger partial charge in [-0.25, -0.2) is 0 Å². The first kappa shape index (κ1) is 9.44. The number of ether oxygens (including phenoxy) is 2. The van der Waals surface area contributed by atoms with Crippen LogP contribution < -0.4 is 5.32 Å². The molecule has 0 aliphatic carbocycles. The van der Waals surface area contributed by atoms with E-state index in [0.29, 0.717) is 12.0 Å². The van der Waals surface area contributed by atoms with Crippen LogP contribution in [-0.2, 0) is 9.47 Å². The molecule has 0 saturated carbocycles. The Hall–Kier alpha value is -0.120. The molecule has 76 valence electrons. The van der Waals surface area contributed by atoms with E-state index in [0.717, 1.165) is 6.54 Å². The lowest BCUT2D eigenvalue weighted by atomic mass is 9.91. The van der Waals surface area contributed by atoms with Crippen LogP contribution in [0.3, 0.4) is 0 Å². The number of rotatable bonds is 0. The van der Waals surface area contributed by atoms with Gasteiger partial charge in [-0.15, -0.1) is 0 Å². The van der Waals surface area contributed by atoms with Crippen molar-refractivity contribution in [1.82, 2.24) is 5.32 Å². The summed E-state index contributed by atoms with van der Waals surface area (Å²) in [6.07, 6.45) is 0.491. The van der Waals surface area contributed by atoms with Gasteiger partial charge in [0.05, 0.1) is 6.10 Å². The smallest absolute Gasteiger partial charge is 0.163 e. The van der Waals surface area contributed by atoms with E-state index in [1.807, 2.05) is 13.8 Å². The minimum Gasteiger partial charge on any atom is -0.344 e. The van der Waals surface area contributed by atoms with E-state index in [4.69, 9.17) is 9.47 Å². The van der Waals surface area contributed by atoms with Crippen molar-refractivity contribution >= 4 is 0 Å². The molecule has 0 aromatic heterocycles. The Bertz CT molecular complexity index is 185. The molecular formula is C10H19NO2. The van der Waals surface area contributed by atoms with Gasteiger partial charge in [-0.3, -0.25) is 0 Å². The molecule has 2 aliphatic heterocycles. The molecule has 2 rings (SSSR count). The zero-order valence-corrected chi connectivity index (χ0v) is 8.83. The van der Waals surface area contributed by atoms with E-state index >= 15 is 0 Å². The molecule has 0 unspecified atom stereocenters. The normalized spacial score (nSPS) is 48.9. The van der Waals surface area contributed by atoms with Crippen LogP contribution in [0.15, 0.2) is 0 Å². The predicted octanol–water partition coefficient (Wildman–Crippen LogP) is 1.13. The van der Waals surface area contributed by atoms with E-state index in [9.17, 15) is 0 Å². The zero-order valence-electron chi connectivity index (χ0n) is 8.83. The third-order valence-corrected chi connectivity index (χ3v) is 2.98. The molecular weight excluding hydrogens is 166 g/mol. The van der Waals surface area contributed by atoms with Gasteiger partial charge in [0.1, 0.15) is 6.10 Å². The maximum Gasteiger partial charge on any atom is 0.163 e. The number of fused-ring (bicyclic) bond motifs is 1. The summed E-state index contributed by atoms with van der Waals surface area (Å²) >= 11 is 0. The average molecular weight is 185 g/mol. The Kier molecular flexibility index (Phi) is 2.13. The molecule has 0 spiro atoms. The molecule has 0 amide bonds.